The van der Waals surface area contributed by atoms with Gasteiger partial charge < -0.3 is 5.11 Å². The third-order valence-electron chi connectivity index (χ3n) is 5.63. The Bertz CT molecular complexity index is 907. The van der Waals surface area contributed by atoms with Crippen molar-refractivity contribution in [2.45, 2.75) is 30.5 Å². The van der Waals surface area contributed by atoms with E-state index >= 15 is 0 Å². The Hall–Kier alpha value is -2.86. The summed E-state index contributed by atoms with van der Waals surface area (Å²) in [4.78, 5) is 2.38. The van der Waals surface area contributed by atoms with Gasteiger partial charge >= 0.3 is 0 Å². The van der Waals surface area contributed by atoms with Crippen LogP contribution in [0.3, 0.4) is 0 Å². The third-order valence-corrected chi connectivity index (χ3v) is 5.63. The maximum absolute atomic E-state index is 11.5. The van der Waals surface area contributed by atoms with Crippen LogP contribution >= 0.6 is 0 Å². The van der Waals surface area contributed by atoms with Crippen LogP contribution in [0, 0.1) is 11.8 Å². The zero-order chi connectivity index (χ0) is 19.4. The number of nitrogens with zero attached hydrogens (tertiary/aromatic N) is 1. The molecule has 0 bridgehead atoms. The minimum Gasteiger partial charge on any atom is -0.377 e. The fourth-order valence-corrected chi connectivity index (χ4v) is 4.10. The van der Waals surface area contributed by atoms with Crippen molar-refractivity contribution in [2.24, 2.45) is 0 Å². The number of benzene rings is 3. The van der Waals surface area contributed by atoms with E-state index in [4.69, 9.17) is 0 Å². The third kappa shape index (κ3) is 4.02. The van der Waals surface area contributed by atoms with Crippen molar-refractivity contribution in [1.82, 2.24) is 4.90 Å². The summed E-state index contributed by atoms with van der Waals surface area (Å²) in [5.41, 5.74) is 2.32. The normalized spacial score (nSPS) is 24.9. The molecule has 1 saturated heterocycles. The number of aliphatic hydroxyl groups is 1. The molecule has 3 aromatic rings. The second kappa shape index (κ2) is 8.02. The zero-order valence-corrected chi connectivity index (χ0v) is 16.1. The van der Waals surface area contributed by atoms with Gasteiger partial charge in [-0.1, -0.05) is 90.7 Å². The molecule has 28 heavy (non-hydrogen) atoms. The number of hydrogen-bond donors (Lipinski definition) is 1. The van der Waals surface area contributed by atoms with Crippen LogP contribution in [0.15, 0.2) is 91.0 Å². The van der Waals surface area contributed by atoms with Crippen LogP contribution in [0.1, 0.15) is 41.6 Å². The van der Waals surface area contributed by atoms with Gasteiger partial charge in [-0.05, 0) is 30.3 Å². The highest BCUT2D eigenvalue weighted by Gasteiger charge is 2.42. The largest absolute Gasteiger partial charge is 0.377 e. The van der Waals surface area contributed by atoms with Gasteiger partial charge in [0.2, 0.25) is 0 Å². The summed E-state index contributed by atoms with van der Waals surface area (Å²) in [5.74, 6) is 6.41. The van der Waals surface area contributed by atoms with Crippen LogP contribution in [0.4, 0.5) is 0 Å². The second-order valence-corrected chi connectivity index (χ2v) is 7.57. The molecule has 2 nitrogen and oxygen atoms in total. The van der Waals surface area contributed by atoms with Crippen molar-refractivity contribution in [3.05, 3.63) is 108 Å². The molecule has 0 radical (unpaired) electrons. The lowest BCUT2D eigenvalue weighted by atomic mass is 9.78. The summed E-state index contributed by atoms with van der Waals surface area (Å²) in [6.45, 7) is 0. The number of piperidine rings is 1. The minimum atomic E-state index is -1.04. The fourth-order valence-electron chi connectivity index (χ4n) is 4.10. The Kier molecular flexibility index (Phi) is 5.30. The van der Waals surface area contributed by atoms with Crippen LogP contribution in [0.5, 0.6) is 0 Å². The molecule has 1 aliphatic heterocycles. The summed E-state index contributed by atoms with van der Waals surface area (Å²) in [5, 5.41) is 11.5. The number of rotatable bonds is 2. The van der Waals surface area contributed by atoms with E-state index in [-0.39, 0.29) is 12.1 Å². The average molecular weight is 367 g/mol. The zero-order valence-electron chi connectivity index (χ0n) is 16.1. The van der Waals surface area contributed by atoms with Crippen LogP contribution in [0.25, 0.3) is 0 Å². The molecule has 1 heterocycles. The summed E-state index contributed by atoms with van der Waals surface area (Å²) >= 11 is 0. The number of likely N-dealkylation sites (tertiary alicyclic amines) is 1. The standard InChI is InChI=1S/C26H25NO/c1-27-24(22-13-7-3-8-14-22)19-26(28,18-17-21-11-5-2-6-12-21)20-25(27)23-15-9-4-10-16-23/h2-16,24-25,28H,19-20H2,1H3. The highest BCUT2D eigenvalue weighted by molar-refractivity contribution is 5.37. The lowest BCUT2D eigenvalue weighted by molar-refractivity contribution is -0.0299. The van der Waals surface area contributed by atoms with Crippen molar-refractivity contribution < 1.29 is 5.11 Å². The van der Waals surface area contributed by atoms with Gasteiger partial charge in [-0.3, -0.25) is 4.90 Å². The highest BCUT2D eigenvalue weighted by atomic mass is 16.3. The Labute approximate surface area is 167 Å². The van der Waals surface area contributed by atoms with E-state index in [0.29, 0.717) is 12.8 Å². The Morgan fingerprint density at radius 3 is 1.64 bits per heavy atom. The van der Waals surface area contributed by atoms with Crippen LogP contribution in [0.2, 0.25) is 0 Å². The Morgan fingerprint density at radius 2 is 1.18 bits per heavy atom. The first-order valence-electron chi connectivity index (χ1n) is 9.77. The molecule has 140 valence electrons. The molecule has 1 aliphatic rings. The van der Waals surface area contributed by atoms with E-state index in [9.17, 15) is 5.11 Å². The van der Waals surface area contributed by atoms with Crippen molar-refractivity contribution >= 4 is 0 Å². The first kappa shape index (κ1) is 18.5. The molecular formula is C26H25NO. The molecule has 4 rings (SSSR count). The maximum atomic E-state index is 11.5. The van der Waals surface area contributed by atoms with Crippen LogP contribution < -0.4 is 0 Å². The van der Waals surface area contributed by atoms with E-state index in [0.717, 1.165) is 5.56 Å². The Balaban J connectivity index is 1.72. The molecule has 0 aliphatic carbocycles. The van der Waals surface area contributed by atoms with E-state index in [1.165, 1.54) is 11.1 Å². The van der Waals surface area contributed by atoms with Gasteiger partial charge in [-0.15, -0.1) is 0 Å². The van der Waals surface area contributed by atoms with Gasteiger partial charge in [0.25, 0.3) is 0 Å². The molecule has 0 spiro atoms. The quantitative estimate of drug-likeness (QED) is 0.646. The molecule has 2 heteroatoms. The van der Waals surface area contributed by atoms with Gasteiger partial charge in [0.15, 0.2) is 0 Å². The lowest BCUT2D eigenvalue weighted by Gasteiger charge is -2.46. The monoisotopic (exact) mass is 367 g/mol. The van der Waals surface area contributed by atoms with Crippen LogP contribution in [-0.4, -0.2) is 22.7 Å². The van der Waals surface area contributed by atoms with E-state index in [1.54, 1.807) is 0 Å². The predicted octanol–water partition coefficient (Wildman–Crippen LogP) is 4.98. The van der Waals surface area contributed by atoms with E-state index in [2.05, 4.69) is 72.3 Å². The molecule has 0 saturated carbocycles. The molecule has 0 amide bonds. The first-order valence-corrected chi connectivity index (χ1v) is 9.77. The fraction of sp³-hybridized carbons (Fsp3) is 0.231. The second-order valence-electron chi connectivity index (χ2n) is 7.57. The molecule has 2 atom stereocenters. The average Bonchev–Trinajstić information content (AvgIpc) is 2.76. The molecule has 1 N–H and O–H groups in total. The predicted molar refractivity (Wildman–Crippen MR) is 114 cm³/mol. The summed E-state index contributed by atoms with van der Waals surface area (Å²) in [6, 6.07) is 31.0. The van der Waals surface area contributed by atoms with Crippen molar-refractivity contribution in [3.8, 4) is 11.8 Å². The summed E-state index contributed by atoms with van der Waals surface area (Å²) in [6.07, 6.45) is 1.19. The molecular weight excluding hydrogens is 342 g/mol. The summed E-state index contributed by atoms with van der Waals surface area (Å²) < 4.78 is 0. The van der Waals surface area contributed by atoms with E-state index < -0.39 is 5.60 Å². The maximum Gasteiger partial charge on any atom is 0.129 e. The van der Waals surface area contributed by atoms with Gasteiger partial charge in [0.1, 0.15) is 5.60 Å². The number of hydrogen-bond acceptors (Lipinski definition) is 2. The SMILES string of the molecule is CN1C(c2ccccc2)CC(O)(C#Cc2ccccc2)CC1c1ccccc1. The van der Waals surface area contributed by atoms with Gasteiger partial charge in [0.05, 0.1) is 0 Å². The van der Waals surface area contributed by atoms with Gasteiger partial charge in [-0.2, -0.15) is 0 Å². The van der Waals surface area contributed by atoms with Gasteiger partial charge in [-0.25, -0.2) is 0 Å². The highest BCUT2D eigenvalue weighted by Crippen LogP contribution is 2.44. The molecule has 1 fully saturated rings. The molecule has 3 aromatic carbocycles. The summed E-state index contributed by atoms with van der Waals surface area (Å²) in [7, 11) is 2.15. The molecule has 0 aromatic heterocycles. The lowest BCUT2D eigenvalue weighted by Crippen LogP contribution is -2.45. The smallest absolute Gasteiger partial charge is 0.129 e. The first-order chi connectivity index (χ1) is 13.6. The van der Waals surface area contributed by atoms with Gasteiger partial charge in [0, 0.05) is 30.5 Å². The minimum absolute atomic E-state index is 0.107. The van der Waals surface area contributed by atoms with Crippen molar-refractivity contribution in [1.29, 1.82) is 0 Å². The van der Waals surface area contributed by atoms with Crippen molar-refractivity contribution in [3.63, 3.8) is 0 Å². The molecule has 2 unspecified atom stereocenters. The van der Waals surface area contributed by atoms with E-state index in [1.807, 2.05) is 42.5 Å². The topological polar surface area (TPSA) is 23.5 Å². The van der Waals surface area contributed by atoms with Crippen LogP contribution in [-0.2, 0) is 0 Å². The van der Waals surface area contributed by atoms with Crippen molar-refractivity contribution in [2.75, 3.05) is 7.05 Å². The Morgan fingerprint density at radius 1 is 0.750 bits per heavy atom.